The summed E-state index contributed by atoms with van der Waals surface area (Å²) in [5.41, 5.74) is 12.9. The van der Waals surface area contributed by atoms with Crippen molar-refractivity contribution < 1.29 is 29.3 Å². The Morgan fingerprint density at radius 3 is 2.28 bits per heavy atom. The van der Waals surface area contributed by atoms with Crippen molar-refractivity contribution in [3.05, 3.63) is 119 Å². The Morgan fingerprint density at radius 1 is 0.780 bits per heavy atom. The van der Waals surface area contributed by atoms with Gasteiger partial charge in [0.1, 0.15) is 0 Å². The highest BCUT2D eigenvalue weighted by Gasteiger charge is 2.32. The first-order chi connectivity index (χ1) is 24.4. The van der Waals surface area contributed by atoms with Crippen molar-refractivity contribution in [2.24, 2.45) is 0 Å². The number of nitrogens with one attached hydrogen (secondary N) is 2. The molecule has 3 atom stereocenters. The predicted octanol–water partition coefficient (Wildman–Crippen LogP) is 6.90. The van der Waals surface area contributed by atoms with E-state index in [9.17, 15) is 19.8 Å². The van der Waals surface area contributed by atoms with Crippen LogP contribution in [0.25, 0.3) is 11.1 Å². The van der Waals surface area contributed by atoms with E-state index in [1.807, 2.05) is 60.7 Å². The Bertz CT molecular complexity index is 1680. The number of anilines is 2. The lowest BCUT2D eigenvalue weighted by Crippen LogP contribution is -2.31. The third-order valence-electron chi connectivity index (χ3n) is 8.61. The molecule has 4 aromatic rings. The van der Waals surface area contributed by atoms with Crippen molar-refractivity contribution in [2.45, 2.75) is 70.2 Å². The quantitative estimate of drug-likeness (QED) is 0.0592. The highest BCUT2D eigenvalue weighted by Crippen LogP contribution is 2.39. The van der Waals surface area contributed by atoms with Crippen LogP contribution >= 0.6 is 11.8 Å². The molecule has 2 amide bonds. The fraction of sp³-hybridized carbons (Fsp3) is 0.350. The molecule has 50 heavy (non-hydrogen) atoms. The topological polar surface area (TPSA) is 143 Å². The molecule has 1 aliphatic rings. The standard InChI is InChI=1S/C40H47N3O6S/c41-35-12-4-5-13-36(35)43-39(47)15-3-1-2-14-38(46)42-25-29-8-6-9-31(22-29)32-10-7-11-33(23-32)40-48-34(27-50-21-20-44)24-37(49-40)30-18-16-28(26-45)17-19-30/h4-13,16-19,22-23,34,37,40,44-45H,1-3,14-15,20-21,24-27,41H2,(H,42,46)(H,43,47). The molecule has 0 bridgehead atoms. The number of nitrogens with two attached hydrogens (primary N) is 1. The number of nitrogen functional groups attached to an aromatic ring is 1. The van der Waals surface area contributed by atoms with Gasteiger partial charge in [-0.15, -0.1) is 0 Å². The Labute approximate surface area is 298 Å². The SMILES string of the molecule is Nc1ccccc1NC(=O)CCCCCC(=O)NCc1cccc(-c2cccc(C3OC(CSCCO)CC(c4ccc(CO)cc4)O3)c2)c1. The number of carbonyl (C=O) groups is 2. The lowest BCUT2D eigenvalue weighted by atomic mass is 9.99. The van der Waals surface area contributed by atoms with Crippen LogP contribution in [-0.4, -0.2) is 46.2 Å². The minimum Gasteiger partial charge on any atom is -0.397 e. The van der Waals surface area contributed by atoms with Gasteiger partial charge in [0.05, 0.1) is 36.8 Å². The average molecular weight is 698 g/mol. The number of rotatable bonds is 17. The molecule has 3 unspecified atom stereocenters. The number of hydrogen-bond acceptors (Lipinski definition) is 8. The van der Waals surface area contributed by atoms with Crippen LogP contribution in [0.5, 0.6) is 0 Å². The molecule has 1 fully saturated rings. The predicted molar refractivity (Wildman–Crippen MR) is 199 cm³/mol. The number of carbonyl (C=O) groups excluding carboxylic acids is 2. The summed E-state index contributed by atoms with van der Waals surface area (Å²) in [4.78, 5) is 24.8. The number of para-hydroxylation sites is 2. The van der Waals surface area contributed by atoms with Crippen LogP contribution in [0.3, 0.4) is 0 Å². The Hall–Kier alpha value is -4.19. The summed E-state index contributed by atoms with van der Waals surface area (Å²) in [5.74, 6) is 1.31. The van der Waals surface area contributed by atoms with Gasteiger partial charge in [0.2, 0.25) is 11.8 Å². The molecule has 9 nitrogen and oxygen atoms in total. The number of unbranched alkanes of at least 4 members (excludes halogenated alkanes) is 2. The number of benzene rings is 4. The third kappa shape index (κ3) is 11.2. The second kappa shape index (κ2) is 19.3. The van der Waals surface area contributed by atoms with Crippen LogP contribution in [0.2, 0.25) is 0 Å². The Morgan fingerprint density at radius 2 is 1.52 bits per heavy atom. The summed E-state index contributed by atoms with van der Waals surface area (Å²) < 4.78 is 13.0. The molecule has 10 heteroatoms. The molecule has 0 aliphatic carbocycles. The maximum atomic E-state index is 12.6. The largest absolute Gasteiger partial charge is 0.397 e. The maximum absolute atomic E-state index is 12.6. The fourth-order valence-electron chi connectivity index (χ4n) is 5.89. The first-order valence-electron chi connectivity index (χ1n) is 17.2. The van der Waals surface area contributed by atoms with Gasteiger partial charge in [-0.3, -0.25) is 9.59 Å². The lowest BCUT2D eigenvalue weighted by Gasteiger charge is -2.36. The lowest BCUT2D eigenvalue weighted by molar-refractivity contribution is -0.245. The van der Waals surface area contributed by atoms with Crippen LogP contribution in [0.15, 0.2) is 97.1 Å². The van der Waals surface area contributed by atoms with E-state index in [4.69, 9.17) is 15.2 Å². The van der Waals surface area contributed by atoms with Crippen LogP contribution < -0.4 is 16.4 Å². The number of hydrogen-bond donors (Lipinski definition) is 5. The van der Waals surface area contributed by atoms with Gasteiger partial charge >= 0.3 is 0 Å². The second-order valence-electron chi connectivity index (χ2n) is 12.4. The molecular weight excluding hydrogens is 651 g/mol. The first-order valence-corrected chi connectivity index (χ1v) is 18.4. The van der Waals surface area contributed by atoms with E-state index < -0.39 is 6.29 Å². The third-order valence-corrected chi connectivity index (χ3v) is 9.68. The van der Waals surface area contributed by atoms with Gasteiger partial charge in [0.25, 0.3) is 0 Å². The zero-order valence-electron chi connectivity index (χ0n) is 28.3. The van der Waals surface area contributed by atoms with E-state index in [-0.39, 0.29) is 37.2 Å². The van der Waals surface area contributed by atoms with E-state index >= 15 is 0 Å². The van der Waals surface area contributed by atoms with Crippen molar-refractivity contribution in [3.63, 3.8) is 0 Å². The second-order valence-corrected chi connectivity index (χ2v) is 13.6. The van der Waals surface area contributed by atoms with Crippen molar-refractivity contribution in [1.82, 2.24) is 5.32 Å². The molecule has 6 N–H and O–H groups in total. The smallest absolute Gasteiger partial charge is 0.224 e. The van der Waals surface area contributed by atoms with Gasteiger partial charge in [-0.05, 0) is 64.9 Å². The number of ether oxygens (including phenoxy) is 2. The molecule has 5 rings (SSSR count). The average Bonchev–Trinajstić information content (AvgIpc) is 3.15. The van der Waals surface area contributed by atoms with Crippen molar-refractivity contribution in [1.29, 1.82) is 0 Å². The zero-order chi connectivity index (χ0) is 35.1. The number of thioether (sulfide) groups is 1. The molecule has 1 aliphatic heterocycles. The molecule has 1 saturated heterocycles. The van der Waals surface area contributed by atoms with Crippen molar-refractivity contribution >= 4 is 35.0 Å². The van der Waals surface area contributed by atoms with E-state index in [0.29, 0.717) is 55.8 Å². The summed E-state index contributed by atoms with van der Waals surface area (Å²) in [7, 11) is 0. The number of aliphatic hydroxyl groups excluding tert-OH is 2. The van der Waals surface area contributed by atoms with Crippen LogP contribution in [0.4, 0.5) is 11.4 Å². The molecule has 0 saturated carbocycles. The molecular formula is C40H47N3O6S. The van der Waals surface area contributed by atoms with Crippen molar-refractivity contribution in [2.75, 3.05) is 29.2 Å². The maximum Gasteiger partial charge on any atom is 0.224 e. The molecule has 0 aromatic heterocycles. The fourth-order valence-corrected chi connectivity index (χ4v) is 6.66. The first kappa shape index (κ1) is 37.1. The number of aliphatic hydroxyl groups is 2. The van der Waals surface area contributed by atoms with Crippen LogP contribution in [0.1, 0.15) is 73.2 Å². The number of amides is 2. The Kier molecular flexibility index (Phi) is 14.3. The zero-order valence-corrected chi connectivity index (χ0v) is 29.1. The van der Waals surface area contributed by atoms with Gasteiger partial charge in [0.15, 0.2) is 6.29 Å². The van der Waals surface area contributed by atoms with E-state index in [1.54, 1.807) is 23.9 Å². The molecule has 264 valence electrons. The molecule has 4 aromatic carbocycles. The van der Waals surface area contributed by atoms with Crippen LogP contribution in [-0.2, 0) is 32.2 Å². The normalized spacial score (nSPS) is 17.3. The van der Waals surface area contributed by atoms with E-state index in [0.717, 1.165) is 45.6 Å². The highest BCUT2D eigenvalue weighted by atomic mass is 32.2. The minimum atomic E-state index is -0.564. The van der Waals surface area contributed by atoms with Crippen LogP contribution in [0, 0.1) is 0 Å². The van der Waals surface area contributed by atoms with Gasteiger partial charge < -0.3 is 36.1 Å². The highest BCUT2D eigenvalue weighted by molar-refractivity contribution is 7.99. The minimum absolute atomic E-state index is 0.00606. The van der Waals surface area contributed by atoms with Gasteiger partial charge in [-0.25, -0.2) is 0 Å². The van der Waals surface area contributed by atoms with Crippen molar-refractivity contribution in [3.8, 4) is 11.1 Å². The summed E-state index contributed by atoms with van der Waals surface area (Å²) in [5, 5.41) is 24.6. The molecule has 0 radical (unpaired) electrons. The molecule has 1 heterocycles. The van der Waals surface area contributed by atoms with E-state index in [2.05, 4.69) is 34.9 Å². The summed E-state index contributed by atoms with van der Waals surface area (Å²) in [6.45, 7) is 0.544. The van der Waals surface area contributed by atoms with E-state index in [1.165, 1.54) is 0 Å². The van der Waals surface area contributed by atoms with Gasteiger partial charge in [0, 0.05) is 42.9 Å². The summed E-state index contributed by atoms with van der Waals surface area (Å²) in [6.07, 6.45) is 2.89. The Balaban J connectivity index is 1.13. The van der Waals surface area contributed by atoms with Gasteiger partial charge in [-0.1, -0.05) is 79.2 Å². The van der Waals surface area contributed by atoms with Gasteiger partial charge in [-0.2, -0.15) is 11.8 Å². The summed E-state index contributed by atoms with van der Waals surface area (Å²) >= 11 is 1.66. The molecule has 0 spiro atoms. The summed E-state index contributed by atoms with van der Waals surface area (Å²) in [6, 6.07) is 31.3. The monoisotopic (exact) mass is 697 g/mol.